The van der Waals surface area contributed by atoms with Gasteiger partial charge in [-0.2, -0.15) is 4.98 Å². The van der Waals surface area contributed by atoms with Crippen molar-refractivity contribution in [3.63, 3.8) is 0 Å². The van der Waals surface area contributed by atoms with E-state index in [1.807, 2.05) is 19.1 Å². The van der Waals surface area contributed by atoms with Crippen LogP contribution in [0.1, 0.15) is 42.3 Å². The lowest BCUT2D eigenvalue weighted by Crippen LogP contribution is -2.40. The van der Waals surface area contributed by atoms with E-state index < -0.39 is 15.6 Å². The molecule has 0 aliphatic heterocycles. The van der Waals surface area contributed by atoms with Crippen LogP contribution < -0.4 is 24.8 Å². The molecule has 0 bridgehead atoms. The largest absolute Gasteiger partial charge is 0.497 e. The number of methoxy groups -OCH3 is 2. The molecule has 0 spiro atoms. The van der Waals surface area contributed by atoms with E-state index in [4.69, 9.17) is 9.47 Å². The number of nitrogens with zero attached hydrogens (tertiary/aromatic N) is 2. The molecule has 4 rings (SSSR count). The maximum Gasteiger partial charge on any atom is 0.241 e. The lowest BCUT2D eigenvalue weighted by Gasteiger charge is -2.20. The van der Waals surface area contributed by atoms with Gasteiger partial charge in [0.1, 0.15) is 17.3 Å². The minimum absolute atomic E-state index is 0.144. The third-order valence-electron chi connectivity index (χ3n) is 6.05. The molecule has 0 radical (unpaired) electrons. The van der Waals surface area contributed by atoms with Crippen molar-refractivity contribution in [3.05, 3.63) is 95.7 Å². The van der Waals surface area contributed by atoms with E-state index in [0.29, 0.717) is 40.2 Å². The van der Waals surface area contributed by atoms with Crippen molar-refractivity contribution in [2.75, 3.05) is 24.9 Å². The second-order valence-corrected chi connectivity index (χ2v) is 12.5. The van der Waals surface area contributed by atoms with Crippen LogP contribution in [-0.4, -0.2) is 43.9 Å². The standard InChI is InChI=1S/C32H35N5O5S/c1-21-20-33-31(36-30(21)34-25-8-7-9-28(18-25)43(39,40)37-32(2,3)4)35-24-13-11-23(12-14-24)29(38)15-10-22-16-26(41-5)19-27(17-22)42-6/h7-20,37H,1-6H3,(H2,33,34,35,36)/b15-10+. The van der Waals surface area contributed by atoms with Crippen LogP contribution in [0.2, 0.25) is 0 Å². The lowest BCUT2D eigenvalue weighted by molar-refractivity contribution is 0.104. The number of carbonyl (C=O) groups is 1. The van der Waals surface area contributed by atoms with Crippen molar-refractivity contribution in [1.82, 2.24) is 14.7 Å². The van der Waals surface area contributed by atoms with Gasteiger partial charge in [0.25, 0.3) is 0 Å². The Balaban J connectivity index is 1.45. The number of hydrogen-bond donors (Lipinski definition) is 3. The SMILES string of the molecule is COc1cc(/C=C/C(=O)c2ccc(Nc3ncc(C)c(Nc4cccc(S(=O)(=O)NC(C)(C)C)c4)n3)cc2)cc(OC)c1. The molecule has 0 saturated carbocycles. The van der Waals surface area contributed by atoms with Crippen molar-refractivity contribution in [2.45, 2.75) is 38.1 Å². The van der Waals surface area contributed by atoms with Crippen molar-refractivity contribution in [1.29, 1.82) is 0 Å². The van der Waals surface area contributed by atoms with Gasteiger partial charge < -0.3 is 20.1 Å². The number of nitrogens with one attached hydrogen (secondary N) is 3. The Bertz CT molecular complexity index is 1720. The fraction of sp³-hybridized carbons (Fsp3) is 0.219. The number of ether oxygens (including phenoxy) is 2. The Morgan fingerprint density at radius 2 is 1.56 bits per heavy atom. The van der Waals surface area contributed by atoms with Crippen LogP contribution in [0.3, 0.4) is 0 Å². The summed E-state index contributed by atoms with van der Waals surface area (Å²) in [6.45, 7) is 7.21. The molecular formula is C32H35N5O5S. The average Bonchev–Trinajstić information content (AvgIpc) is 2.96. The zero-order valence-corrected chi connectivity index (χ0v) is 25.7. The first-order valence-corrected chi connectivity index (χ1v) is 14.9. The van der Waals surface area contributed by atoms with Gasteiger partial charge in [-0.3, -0.25) is 4.79 Å². The quantitative estimate of drug-likeness (QED) is 0.135. The summed E-state index contributed by atoms with van der Waals surface area (Å²) in [5.41, 5.74) is 2.70. The normalized spacial score (nSPS) is 11.8. The minimum atomic E-state index is -3.70. The number of rotatable bonds is 11. The zero-order valence-electron chi connectivity index (χ0n) is 24.9. The Labute approximate surface area is 252 Å². The number of hydrogen-bond acceptors (Lipinski definition) is 9. The summed E-state index contributed by atoms with van der Waals surface area (Å²) < 4.78 is 38.8. The molecular weight excluding hydrogens is 566 g/mol. The summed E-state index contributed by atoms with van der Waals surface area (Å²) in [5.74, 6) is 1.95. The molecule has 3 aromatic carbocycles. The van der Waals surface area contributed by atoms with E-state index in [-0.39, 0.29) is 10.7 Å². The summed E-state index contributed by atoms with van der Waals surface area (Å²) in [5, 5.41) is 6.33. The van der Waals surface area contributed by atoms with Gasteiger partial charge in [0.15, 0.2) is 5.78 Å². The zero-order chi connectivity index (χ0) is 31.2. The molecule has 0 aliphatic rings. The van der Waals surface area contributed by atoms with E-state index in [2.05, 4.69) is 25.3 Å². The van der Waals surface area contributed by atoms with E-state index in [9.17, 15) is 13.2 Å². The van der Waals surface area contributed by atoms with Crippen LogP contribution in [-0.2, 0) is 10.0 Å². The number of carbonyl (C=O) groups excluding carboxylic acids is 1. The van der Waals surface area contributed by atoms with Crippen molar-refractivity contribution < 1.29 is 22.7 Å². The maximum atomic E-state index is 12.8. The Morgan fingerprint density at radius 1 is 0.884 bits per heavy atom. The average molecular weight is 602 g/mol. The maximum absolute atomic E-state index is 12.8. The molecule has 0 fully saturated rings. The molecule has 1 aromatic heterocycles. The van der Waals surface area contributed by atoms with Gasteiger partial charge in [0.2, 0.25) is 16.0 Å². The van der Waals surface area contributed by atoms with Gasteiger partial charge in [-0.05, 0) is 93.9 Å². The first kappa shape index (κ1) is 31.2. The molecule has 10 nitrogen and oxygen atoms in total. The van der Waals surface area contributed by atoms with Crippen molar-refractivity contribution in [3.8, 4) is 11.5 Å². The van der Waals surface area contributed by atoms with E-state index in [1.54, 1.807) is 102 Å². The third-order valence-corrected chi connectivity index (χ3v) is 7.80. The highest BCUT2D eigenvalue weighted by Gasteiger charge is 2.22. The summed E-state index contributed by atoms with van der Waals surface area (Å²) in [4.78, 5) is 21.8. The Morgan fingerprint density at radius 3 is 2.19 bits per heavy atom. The van der Waals surface area contributed by atoms with Crippen LogP contribution in [0, 0.1) is 6.92 Å². The second-order valence-electron chi connectivity index (χ2n) is 10.8. The third kappa shape index (κ3) is 8.63. The molecule has 0 amide bonds. The smallest absolute Gasteiger partial charge is 0.241 e. The van der Waals surface area contributed by atoms with Crippen molar-refractivity contribution >= 4 is 45.0 Å². The van der Waals surface area contributed by atoms with Crippen LogP contribution in [0.15, 0.2) is 83.9 Å². The predicted octanol–water partition coefficient (Wildman–Crippen LogP) is 6.26. The summed E-state index contributed by atoms with van der Waals surface area (Å²) in [6, 6.07) is 18.9. The van der Waals surface area contributed by atoms with Gasteiger partial charge in [-0.15, -0.1) is 0 Å². The first-order valence-electron chi connectivity index (χ1n) is 13.4. The topological polar surface area (TPSA) is 132 Å². The summed E-state index contributed by atoms with van der Waals surface area (Å²) in [6.07, 6.45) is 4.87. The summed E-state index contributed by atoms with van der Waals surface area (Å²) >= 11 is 0. The number of anilines is 4. The van der Waals surface area contributed by atoms with E-state index >= 15 is 0 Å². The predicted molar refractivity (Wildman–Crippen MR) is 169 cm³/mol. The summed E-state index contributed by atoms with van der Waals surface area (Å²) in [7, 11) is -0.556. The lowest BCUT2D eigenvalue weighted by atomic mass is 10.1. The van der Waals surface area contributed by atoms with E-state index in [0.717, 1.165) is 11.1 Å². The van der Waals surface area contributed by atoms with Gasteiger partial charge in [-0.1, -0.05) is 12.1 Å². The molecule has 11 heteroatoms. The van der Waals surface area contributed by atoms with Crippen LogP contribution >= 0.6 is 0 Å². The van der Waals surface area contributed by atoms with Gasteiger partial charge in [0, 0.05) is 40.3 Å². The molecule has 43 heavy (non-hydrogen) atoms. The van der Waals surface area contributed by atoms with Crippen LogP contribution in [0.5, 0.6) is 11.5 Å². The second kappa shape index (κ2) is 13.1. The molecule has 0 unspecified atom stereocenters. The monoisotopic (exact) mass is 601 g/mol. The number of sulfonamides is 1. The highest BCUT2D eigenvalue weighted by Crippen LogP contribution is 2.25. The molecule has 0 aliphatic carbocycles. The van der Waals surface area contributed by atoms with Crippen LogP contribution in [0.4, 0.5) is 23.1 Å². The number of aryl methyl sites for hydroxylation is 1. The highest BCUT2D eigenvalue weighted by molar-refractivity contribution is 7.89. The van der Waals surface area contributed by atoms with Gasteiger partial charge >= 0.3 is 0 Å². The first-order chi connectivity index (χ1) is 20.3. The molecule has 0 atom stereocenters. The molecule has 3 N–H and O–H groups in total. The molecule has 0 saturated heterocycles. The Hall–Kier alpha value is -4.74. The van der Waals surface area contributed by atoms with Crippen molar-refractivity contribution in [2.24, 2.45) is 0 Å². The minimum Gasteiger partial charge on any atom is -0.497 e. The number of aromatic nitrogens is 2. The molecule has 224 valence electrons. The number of allylic oxidation sites excluding steroid dienone is 1. The molecule has 4 aromatic rings. The number of ketones is 1. The van der Waals surface area contributed by atoms with Gasteiger partial charge in [-0.25, -0.2) is 18.1 Å². The highest BCUT2D eigenvalue weighted by atomic mass is 32.2. The number of benzene rings is 3. The fourth-order valence-electron chi connectivity index (χ4n) is 4.01. The van der Waals surface area contributed by atoms with E-state index in [1.165, 1.54) is 6.08 Å². The van der Waals surface area contributed by atoms with Crippen LogP contribution in [0.25, 0.3) is 6.08 Å². The molecule has 1 heterocycles. The fourth-order valence-corrected chi connectivity index (χ4v) is 5.47. The Kier molecular flexibility index (Phi) is 9.47. The van der Waals surface area contributed by atoms with Gasteiger partial charge in [0.05, 0.1) is 19.1 Å².